The van der Waals surface area contributed by atoms with Crippen LogP contribution in [0.2, 0.25) is 0 Å². The third-order valence-corrected chi connectivity index (χ3v) is 3.71. The molecule has 0 bridgehead atoms. The SMILES string of the molecule is Cc1nn(Cc2ccccc2)c(C)c1C(=O)NCC(=O)NC(C)(C)C. The van der Waals surface area contributed by atoms with E-state index in [1.54, 1.807) is 6.92 Å². The number of carbonyl (C=O) groups excluding carboxylic acids is 2. The highest BCUT2D eigenvalue weighted by Gasteiger charge is 2.20. The average molecular weight is 342 g/mol. The molecule has 6 nitrogen and oxygen atoms in total. The van der Waals surface area contributed by atoms with Gasteiger partial charge in [-0.1, -0.05) is 30.3 Å². The fourth-order valence-corrected chi connectivity index (χ4v) is 2.65. The summed E-state index contributed by atoms with van der Waals surface area (Å²) in [7, 11) is 0. The zero-order valence-corrected chi connectivity index (χ0v) is 15.5. The lowest BCUT2D eigenvalue weighted by Crippen LogP contribution is -2.45. The highest BCUT2D eigenvalue weighted by molar-refractivity contribution is 5.98. The lowest BCUT2D eigenvalue weighted by Gasteiger charge is -2.20. The molecule has 0 radical (unpaired) electrons. The third kappa shape index (κ3) is 5.17. The Morgan fingerprint density at radius 3 is 2.36 bits per heavy atom. The number of nitrogens with one attached hydrogen (secondary N) is 2. The normalized spacial score (nSPS) is 11.2. The van der Waals surface area contributed by atoms with Gasteiger partial charge in [-0.25, -0.2) is 0 Å². The lowest BCUT2D eigenvalue weighted by molar-refractivity contribution is -0.121. The van der Waals surface area contributed by atoms with Crippen molar-refractivity contribution < 1.29 is 9.59 Å². The van der Waals surface area contributed by atoms with Crippen molar-refractivity contribution in [2.75, 3.05) is 6.54 Å². The Bertz CT molecular complexity index is 758. The Hall–Kier alpha value is -2.63. The number of hydrogen-bond donors (Lipinski definition) is 2. The highest BCUT2D eigenvalue weighted by atomic mass is 16.2. The van der Waals surface area contributed by atoms with Crippen LogP contribution in [0.1, 0.15) is 48.1 Å². The predicted octanol–water partition coefficient (Wildman–Crippen LogP) is 2.19. The van der Waals surface area contributed by atoms with Gasteiger partial charge < -0.3 is 10.6 Å². The van der Waals surface area contributed by atoms with Gasteiger partial charge in [0.2, 0.25) is 5.91 Å². The number of rotatable bonds is 5. The van der Waals surface area contributed by atoms with Gasteiger partial charge in [0.25, 0.3) is 5.91 Å². The first-order valence-electron chi connectivity index (χ1n) is 8.34. The van der Waals surface area contributed by atoms with Gasteiger partial charge in [-0.15, -0.1) is 0 Å². The number of nitrogens with zero attached hydrogens (tertiary/aromatic N) is 2. The largest absolute Gasteiger partial charge is 0.350 e. The second kappa shape index (κ2) is 7.51. The molecule has 2 amide bonds. The van der Waals surface area contributed by atoms with Crippen LogP contribution in [-0.2, 0) is 11.3 Å². The molecule has 1 aromatic carbocycles. The molecule has 2 N–H and O–H groups in total. The minimum absolute atomic E-state index is 0.0567. The first-order chi connectivity index (χ1) is 11.7. The van der Waals surface area contributed by atoms with Gasteiger partial charge in [-0.05, 0) is 40.2 Å². The summed E-state index contributed by atoms with van der Waals surface area (Å²) in [6.45, 7) is 9.91. The average Bonchev–Trinajstić information content (AvgIpc) is 2.78. The first-order valence-corrected chi connectivity index (χ1v) is 8.34. The zero-order chi connectivity index (χ0) is 18.6. The van der Waals surface area contributed by atoms with Crippen molar-refractivity contribution in [1.82, 2.24) is 20.4 Å². The molecule has 0 unspecified atom stereocenters. The second-order valence-corrected chi connectivity index (χ2v) is 7.17. The van der Waals surface area contributed by atoms with Crippen molar-refractivity contribution in [3.8, 4) is 0 Å². The second-order valence-electron chi connectivity index (χ2n) is 7.17. The zero-order valence-electron chi connectivity index (χ0n) is 15.5. The minimum atomic E-state index is -0.325. The molecule has 6 heteroatoms. The maximum atomic E-state index is 12.5. The number of benzene rings is 1. The van der Waals surface area contributed by atoms with Crippen molar-refractivity contribution in [3.05, 3.63) is 52.8 Å². The summed E-state index contributed by atoms with van der Waals surface area (Å²) in [5.41, 5.74) is 2.76. The van der Waals surface area contributed by atoms with Crippen molar-refractivity contribution in [3.63, 3.8) is 0 Å². The Morgan fingerprint density at radius 2 is 1.76 bits per heavy atom. The summed E-state index contributed by atoms with van der Waals surface area (Å²) < 4.78 is 1.81. The quantitative estimate of drug-likeness (QED) is 0.874. The van der Waals surface area contributed by atoms with E-state index >= 15 is 0 Å². The van der Waals surface area contributed by atoms with Crippen LogP contribution in [0.4, 0.5) is 0 Å². The maximum absolute atomic E-state index is 12.5. The lowest BCUT2D eigenvalue weighted by atomic mass is 10.1. The van der Waals surface area contributed by atoms with E-state index in [4.69, 9.17) is 0 Å². The summed E-state index contributed by atoms with van der Waals surface area (Å²) in [6, 6.07) is 9.96. The summed E-state index contributed by atoms with van der Waals surface area (Å²) in [5.74, 6) is -0.494. The molecule has 0 spiro atoms. The topological polar surface area (TPSA) is 76.0 Å². The molecule has 2 aromatic rings. The fraction of sp³-hybridized carbons (Fsp3) is 0.421. The number of hydrogen-bond acceptors (Lipinski definition) is 3. The van der Waals surface area contributed by atoms with Crippen LogP contribution in [0, 0.1) is 13.8 Å². The van der Waals surface area contributed by atoms with Crippen molar-refractivity contribution >= 4 is 11.8 Å². The van der Waals surface area contributed by atoms with E-state index in [0.717, 1.165) is 11.3 Å². The molecule has 0 saturated carbocycles. The van der Waals surface area contributed by atoms with Crippen molar-refractivity contribution in [1.29, 1.82) is 0 Å². The molecule has 25 heavy (non-hydrogen) atoms. The molecule has 0 atom stereocenters. The molecule has 0 fully saturated rings. The first kappa shape index (κ1) is 18.7. The van der Waals surface area contributed by atoms with Crippen LogP contribution < -0.4 is 10.6 Å². The smallest absolute Gasteiger partial charge is 0.255 e. The standard InChI is InChI=1S/C19H26N4O2/c1-13-17(18(25)20-11-16(24)21-19(3,4)5)14(2)23(22-13)12-15-9-7-6-8-10-15/h6-10H,11-12H2,1-5H3,(H,20,25)(H,21,24). The maximum Gasteiger partial charge on any atom is 0.255 e. The summed E-state index contributed by atoms with van der Waals surface area (Å²) >= 11 is 0. The van der Waals surface area contributed by atoms with Crippen molar-refractivity contribution in [2.24, 2.45) is 0 Å². The Morgan fingerprint density at radius 1 is 1.12 bits per heavy atom. The third-order valence-electron chi connectivity index (χ3n) is 3.71. The molecule has 0 saturated heterocycles. The van der Waals surface area contributed by atoms with Gasteiger partial charge in [0, 0.05) is 11.2 Å². The molecule has 0 aliphatic heterocycles. The summed E-state index contributed by atoms with van der Waals surface area (Å²) in [5, 5.41) is 9.96. The van der Waals surface area contributed by atoms with Gasteiger partial charge in [0.15, 0.2) is 0 Å². The van der Waals surface area contributed by atoms with Gasteiger partial charge in [-0.3, -0.25) is 14.3 Å². The van der Waals surface area contributed by atoms with E-state index in [1.807, 2.05) is 62.7 Å². The van der Waals surface area contributed by atoms with Gasteiger partial charge in [0.05, 0.1) is 24.3 Å². The number of aryl methyl sites for hydroxylation is 1. The monoisotopic (exact) mass is 342 g/mol. The van der Waals surface area contributed by atoms with E-state index < -0.39 is 0 Å². The Labute approximate surface area is 148 Å². The molecule has 0 aliphatic carbocycles. The molecular formula is C19H26N4O2. The fourth-order valence-electron chi connectivity index (χ4n) is 2.65. The van der Waals surface area contributed by atoms with Crippen LogP contribution in [0.15, 0.2) is 30.3 Å². The van der Waals surface area contributed by atoms with E-state index in [2.05, 4.69) is 15.7 Å². The number of aromatic nitrogens is 2. The van der Waals surface area contributed by atoms with Gasteiger partial charge >= 0.3 is 0 Å². The van der Waals surface area contributed by atoms with E-state index in [0.29, 0.717) is 17.8 Å². The molecule has 1 heterocycles. The van der Waals surface area contributed by atoms with E-state index in [9.17, 15) is 9.59 Å². The van der Waals surface area contributed by atoms with Crippen LogP contribution in [0.3, 0.4) is 0 Å². The van der Waals surface area contributed by atoms with Crippen LogP contribution >= 0.6 is 0 Å². The molecular weight excluding hydrogens is 316 g/mol. The van der Waals surface area contributed by atoms with Gasteiger partial charge in [0.1, 0.15) is 0 Å². The summed E-state index contributed by atoms with van der Waals surface area (Å²) in [6.07, 6.45) is 0. The number of carbonyl (C=O) groups is 2. The highest BCUT2D eigenvalue weighted by Crippen LogP contribution is 2.14. The summed E-state index contributed by atoms with van der Waals surface area (Å²) in [4.78, 5) is 24.3. The van der Waals surface area contributed by atoms with Crippen LogP contribution in [0.25, 0.3) is 0 Å². The van der Waals surface area contributed by atoms with E-state index in [-0.39, 0.29) is 23.9 Å². The molecule has 134 valence electrons. The Kier molecular flexibility index (Phi) is 5.62. The molecule has 1 aromatic heterocycles. The van der Waals surface area contributed by atoms with Gasteiger partial charge in [-0.2, -0.15) is 5.10 Å². The van der Waals surface area contributed by atoms with Crippen molar-refractivity contribution in [2.45, 2.75) is 46.7 Å². The molecule has 0 aliphatic rings. The minimum Gasteiger partial charge on any atom is -0.350 e. The van der Waals surface area contributed by atoms with E-state index in [1.165, 1.54) is 0 Å². The predicted molar refractivity (Wildman–Crippen MR) is 97.5 cm³/mol. The van der Waals surface area contributed by atoms with Crippen LogP contribution in [0.5, 0.6) is 0 Å². The van der Waals surface area contributed by atoms with Crippen LogP contribution in [-0.4, -0.2) is 33.7 Å². The Balaban J connectivity index is 2.06. The molecule has 2 rings (SSSR count). The number of amides is 2.